The zero-order chi connectivity index (χ0) is 24.2. The number of amides is 2. The van der Waals surface area contributed by atoms with E-state index in [0.29, 0.717) is 23.5 Å². The number of hydrogen-bond donors (Lipinski definition) is 1. The summed E-state index contributed by atoms with van der Waals surface area (Å²) in [7, 11) is -4.08. The van der Waals surface area contributed by atoms with E-state index in [0.717, 1.165) is 37.7 Å². The Morgan fingerprint density at radius 2 is 1.70 bits per heavy atom. The van der Waals surface area contributed by atoms with Gasteiger partial charge in [0.05, 0.1) is 28.8 Å². The van der Waals surface area contributed by atoms with Crippen LogP contribution in [0.3, 0.4) is 0 Å². The van der Waals surface area contributed by atoms with Gasteiger partial charge in [-0.3, -0.25) is 13.9 Å². The predicted molar refractivity (Wildman–Crippen MR) is 118 cm³/mol. The molecule has 3 rings (SSSR count). The molecule has 0 unspecified atom stereocenters. The molecule has 0 bridgehead atoms. The lowest BCUT2D eigenvalue weighted by atomic mass is 10.1. The van der Waals surface area contributed by atoms with Crippen LogP contribution in [-0.4, -0.2) is 51.0 Å². The molecule has 2 aromatic carbocycles. The first-order valence-corrected chi connectivity index (χ1v) is 12.1. The minimum Gasteiger partial charge on any atom is -0.339 e. The molecule has 33 heavy (non-hydrogen) atoms. The monoisotopic (exact) mass is 483 g/mol. The number of carbonyl (C=O) groups is 2. The number of likely N-dealkylation sites (tertiary alicyclic amines) is 1. The lowest BCUT2D eigenvalue weighted by Gasteiger charge is -2.27. The second kappa shape index (κ2) is 9.82. The highest BCUT2D eigenvalue weighted by Gasteiger charge is 2.32. The first-order chi connectivity index (χ1) is 15.5. The molecule has 0 saturated carbocycles. The molecule has 1 saturated heterocycles. The van der Waals surface area contributed by atoms with Crippen molar-refractivity contribution in [2.24, 2.45) is 0 Å². The Bertz CT molecular complexity index is 1130. The average Bonchev–Trinajstić information content (AvgIpc) is 2.77. The van der Waals surface area contributed by atoms with Gasteiger partial charge in [-0.05, 0) is 49.6 Å². The van der Waals surface area contributed by atoms with Gasteiger partial charge in [0.2, 0.25) is 15.9 Å². The molecule has 2 amide bonds. The van der Waals surface area contributed by atoms with Gasteiger partial charge >= 0.3 is 6.18 Å². The topological polar surface area (TPSA) is 86.8 Å². The van der Waals surface area contributed by atoms with Crippen molar-refractivity contribution >= 4 is 33.2 Å². The smallest absolute Gasteiger partial charge is 0.339 e. The summed E-state index contributed by atoms with van der Waals surface area (Å²) < 4.78 is 64.3. The van der Waals surface area contributed by atoms with E-state index in [4.69, 9.17) is 0 Å². The Kier molecular flexibility index (Phi) is 7.31. The van der Waals surface area contributed by atoms with Crippen LogP contribution in [-0.2, 0) is 21.0 Å². The molecule has 178 valence electrons. The fourth-order valence-corrected chi connectivity index (χ4v) is 4.45. The summed E-state index contributed by atoms with van der Waals surface area (Å²) in [5, 5.41) is 2.53. The molecule has 7 nitrogen and oxygen atoms in total. The van der Waals surface area contributed by atoms with Gasteiger partial charge in [0.1, 0.15) is 6.54 Å². The third kappa shape index (κ3) is 6.25. The van der Waals surface area contributed by atoms with Crippen molar-refractivity contribution in [2.45, 2.75) is 25.4 Å². The Labute approximate surface area is 190 Å². The number of rotatable bonds is 6. The minimum absolute atomic E-state index is 0.204. The fourth-order valence-electron chi connectivity index (χ4n) is 3.60. The number of nitrogens with zero attached hydrogens (tertiary/aromatic N) is 2. The van der Waals surface area contributed by atoms with Gasteiger partial charge in [0, 0.05) is 13.1 Å². The van der Waals surface area contributed by atoms with E-state index in [-0.39, 0.29) is 22.8 Å². The molecule has 11 heteroatoms. The molecule has 1 aliphatic rings. The molecule has 0 aliphatic carbocycles. The first kappa shape index (κ1) is 24.6. The molecule has 0 radical (unpaired) electrons. The third-order valence-electron chi connectivity index (χ3n) is 5.22. The molecular formula is C22H24F3N3O4S. The normalized spacial score (nSPS) is 14.6. The van der Waals surface area contributed by atoms with Crippen molar-refractivity contribution in [3.63, 3.8) is 0 Å². The van der Waals surface area contributed by atoms with E-state index in [1.165, 1.54) is 12.1 Å². The molecular weight excluding hydrogens is 459 g/mol. The zero-order valence-corrected chi connectivity index (χ0v) is 18.7. The van der Waals surface area contributed by atoms with E-state index < -0.39 is 34.2 Å². The van der Waals surface area contributed by atoms with Crippen molar-refractivity contribution in [1.82, 2.24) is 4.90 Å². The summed E-state index contributed by atoms with van der Waals surface area (Å²) in [6.07, 6.45) is -1.05. The minimum atomic E-state index is -4.67. The number of halogens is 3. The SMILES string of the molecule is CS(=O)(=O)N(CC(=O)Nc1ccccc1C(=O)N1CCCCC1)c1cccc(C(F)(F)F)c1. The second-order valence-electron chi connectivity index (χ2n) is 7.76. The summed E-state index contributed by atoms with van der Waals surface area (Å²) >= 11 is 0. The van der Waals surface area contributed by atoms with Crippen LogP contribution >= 0.6 is 0 Å². The molecule has 0 aromatic heterocycles. The average molecular weight is 484 g/mol. The standard InChI is InChI=1S/C22H24F3N3O4S/c1-33(31,32)28(17-9-7-8-16(14-17)22(23,24)25)15-20(29)26-19-11-4-3-10-18(19)21(30)27-12-5-2-6-13-27/h3-4,7-11,14H,2,5-6,12-13,15H2,1H3,(H,26,29). The highest BCUT2D eigenvalue weighted by atomic mass is 32.2. The molecule has 1 N–H and O–H groups in total. The van der Waals surface area contributed by atoms with Crippen LogP contribution in [0, 0.1) is 0 Å². The van der Waals surface area contributed by atoms with Gasteiger partial charge in [-0.25, -0.2) is 8.42 Å². The van der Waals surface area contributed by atoms with Crippen molar-refractivity contribution < 1.29 is 31.2 Å². The van der Waals surface area contributed by atoms with E-state index in [9.17, 15) is 31.2 Å². The quantitative estimate of drug-likeness (QED) is 0.678. The van der Waals surface area contributed by atoms with Crippen LogP contribution < -0.4 is 9.62 Å². The van der Waals surface area contributed by atoms with Crippen LogP contribution in [0.2, 0.25) is 0 Å². The van der Waals surface area contributed by atoms with Gasteiger partial charge in [0.25, 0.3) is 5.91 Å². The van der Waals surface area contributed by atoms with E-state index >= 15 is 0 Å². The van der Waals surface area contributed by atoms with Crippen molar-refractivity contribution in [1.29, 1.82) is 0 Å². The van der Waals surface area contributed by atoms with Gasteiger partial charge in [0.15, 0.2) is 0 Å². The Hall–Kier alpha value is -3.08. The Balaban J connectivity index is 1.82. The number of piperidine rings is 1. The number of nitrogens with one attached hydrogen (secondary N) is 1. The second-order valence-corrected chi connectivity index (χ2v) is 9.67. The largest absolute Gasteiger partial charge is 0.416 e. The fraction of sp³-hybridized carbons (Fsp3) is 0.364. The summed E-state index contributed by atoms with van der Waals surface area (Å²) in [5.41, 5.74) is -0.861. The molecule has 0 spiro atoms. The van der Waals surface area contributed by atoms with E-state index in [2.05, 4.69) is 5.32 Å². The van der Waals surface area contributed by atoms with E-state index in [1.807, 2.05) is 0 Å². The first-order valence-electron chi connectivity index (χ1n) is 10.3. The number of sulfonamides is 1. The van der Waals surface area contributed by atoms with Crippen molar-refractivity contribution in [3.8, 4) is 0 Å². The van der Waals surface area contributed by atoms with Crippen LogP contribution in [0.25, 0.3) is 0 Å². The van der Waals surface area contributed by atoms with E-state index in [1.54, 1.807) is 23.1 Å². The van der Waals surface area contributed by atoms with Gasteiger partial charge < -0.3 is 10.2 Å². The number of hydrogen-bond acceptors (Lipinski definition) is 4. The maximum Gasteiger partial charge on any atom is 0.416 e. The summed E-state index contributed by atoms with van der Waals surface area (Å²) in [6, 6.07) is 10.1. The van der Waals surface area contributed by atoms with Crippen molar-refractivity contribution in [3.05, 3.63) is 59.7 Å². The van der Waals surface area contributed by atoms with Gasteiger partial charge in [-0.15, -0.1) is 0 Å². The Morgan fingerprint density at radius 3 is 2.33 bits per heavy atom. The highest BCUT2D eigenvalue weighted by Crippen LogP contribution is 2.32. The number of carbonyl (C=O) groups excluding carboxylic acids is 2. The molecule has 2 aromatic rings. The summed E-state index contributed by atoms with van der Waals surface area (Å²) in [6.45, 7) is 0.462. The Morgan fingerprint density at radius 1 is 1.03 bits per heavy atom. The lowest BCUT2D eigenvalue weighted by Crippen LogP contribution is -2.38. The van der Waals surface area contributed by atoms with Crippen LogP contribution in [0.4, 0.5) is 24.5 Å². The predicted octanol–water partition coefficient (Wildman–Crippen LogP) is 3.74. The number of anilines is 2. The van der Waals surface area contributed by atoms with Gasteiger partial charge in [-0.1, -0.05) is 18.2 Å². The maximum atomic E-state index is 13.1. The summed E-state index contributed by atoms with van der Waals surface area (Å²) in [5.74, 6) is -1.04. The number of para-hydroxylation sites is 1. The molecule has 0 atom stereocenters. The lowest BCUT2D eigenvalue weighted by molar-refractivity contribution is -0.137. The van der Waals surface area contributed by atoms with Crippen molar-refractivity contribution in [2.75, 3.05) is 35.5 Å². The number of alkyl halides is 3. The van der Waals surface area contributed by atoms with Gasteiger partial charge in [-0.2, -0.15) is 13.2 Å². The van der Waals surface area contributed by atoms with Crippen LogP contribution in [0.5, 0.6) is 0 Å². The highest BCUT2D eigenvalue weighted by molar-refractivity contribution is 7.92. The molecule has 1 heterocycles. The van der Waals surface area contributed by atoms with Crippen LogP contribution in [0.1, 0.15) is 35.2 Å². The molecule has 1 fully saturated rings. The number of benzene rings is 2. The van der Waals surface area contributed by atoms with Crippen LogP contribution in [0.15, 0.2) is 48.5 Å². The third-order valence-corrected chi connectivity index (χ3v) is 6.36. The zero-order valence-electron chi connectivity index (χ0n) is 17.9. The maximum absolute atomic E-state index is 13.1. The summed E-state index contributed by atoms with van der Waals surface area (Å²) in [4.78, 5) is 27.3. The molecule has 1 aliphatic heterocycles.